The van der Waals surface area contributed by atoms with Crippen molar-refractivity contribution in [3.05, 3.63) is 0 Å². The Balaban J connectivity index is 5.25. The van der Waals surface area contributed by atoms with Crippen molar-refractivity contribution in [2.75, 3.05) is 39.6 Å². The Bertz CT molecular complexity index is 1890. The average molecular weight is 1440 g/mol. The number of aliphatic hydroxyl groups is 1. The predicted molar refractivity (Wildman–Crippen MR) is 400 cm³/mol. The molecular weight excluding hydrogens is 1280 g/mol. The maximum atomic E-state index is 13.1. The second-order valence-corrected chi connectivity index (χ2v) is 32.1. The Kier molecular flexibility index (Phi) is 69.3. The van der Waals surface area contributed by atoms with Crippen LogP contribution < -0.4 is 0 Å². The van der Waals surface area contributed by atoms with Gasteiger partial charge in [0.05, 0.1) is 26.4 Å². The fourth-order valence-corrected chi connectivity index (χ4v) is 13.7. The molecule has 0 saturated heterocycles. The molecule has 0 aromatic carbocycles. The van der Waals surface area contributed by atoms with Gasteiger partial charge in [0.2, 0.25) is 0 Å². The molecule has 0 aliphatic rings. The molecule has 98 heavy (non-hydrogen) atoms. The summed E-state index contributed by atoms with van der Waals surface area (Å²) in [6.07, 6.45) is 59.5. The van der Waals surface area contributed by atoms with Gasteiger partial charge in [-0.3, -0.25) is 37.3 Å². The van der Waals surface area contributed by atoms with Crippen molar-refractivity contribution in [3.63, 3.8) is 0 Å². The maximum Gasteiger partial charge on any atom is 0.472 e. The maximum absolute atomic E-state index is 13.1. The fraction of sp³-hybridized carbons (Fsp3) is 0.949. The van der Waals surface area contributed by atoms with E-state index in [1.54, 1.807) is 0 Å². The smallest absolute Gasteiger partial charge is 0.462 e. The van der Waals surface area contributed by atoms with Gasteiger partial charge in [0.1, 0.15) is 19.3 Å². The van der Waals surface area contributed by atoms with Crippen molar-refractivity contribution in [2.45, 2.75) is 432 Å². The topological polar surface area (TPSA) is 237 Å². The normalized spacial score (nSPS) is 14.2. The van der Waals surface area contributed by atoms with Crippen molar-refractivity contribution in [2.24, 2.45) is 11.8 Å². The molecule has 0 bridgehead atoms. The van der Waals surface area contributed by atoms with Crippen LogP contribution in [0.2, 0.25) is 0 Å². The standard InChI is InChI=1S/C79H154O17P2/c1-7-10-12-14-16-18-20-21-22-23-27-31-38-44-50-56-62-77(82)90-68-74(95-78(83)63-57-51-45-39-32-28-25-24-26-30-36-42-48-54-60-72(6)9-3)69-93-97(85,86)91-65-73(80)66-92-98(87,88)94-70-75(67-89-76(81)61-55-49-43-37-29-19-17-15-13-11-8-2)96-79(84)64-58-52-46-40-34-33-35-41-47-53-59-71(4)5/h71-75,80H,7-70H2,1-6H3,(H,85,86)(H,87,88)/t72?,73-,74-,75-/m1/s1. The minimum Gasteiger partial charge on any atom is -0.462 e. The predicted octanol–water partition coefficient (Wildman–Crippen LogP) is 23.5. The van der Waals surface area contributed by atoms with E-state index in [9.17, 15) is 43.2 Å². The van der Waals surface area contributed by atoms with Gasteiger partial charge < -0.3 is 33.8 Å². The highest BCUT2D eigenvalue weighted by molar-refractivity contribution is 7.47. The first-order valence-corrected chi connectivity index (χ1v) is 44.0. The molecule has 0 fully saturated rings. The van der Waals surface area contributed by atoms with E-state index in [0.29, 0.717) is 25.7 Å². The second-order valence-electron chi connectivity index (χ2n) is 29.2. The first-order valence-electron chi connectivity index (χ1n) is 41.0. The number of ether oxygens (including phenoxy) is 4. The van der Waals surface area contributed by atoms with E-state index in [1.807, 2.05) is 0 Å². The Morgan fingerprint density at radius 3 is 0.776 bits per heavy atom. The minimum atomic E-state index is -4.96. The van der Waals surface area contributed by atoms with E-state index in [1.165, 1.54) is 231 Å². The zero-order valence-electron chi connectivity index (χ0n) is 64.1. The summed E-state index contributed by atoms with van der Waals surface area (Å²) in [6, 6.07) is 0. The molecule has 582 valence electrons. The molecule has 3 N–H and O–H groups in total. The molecule has 0 spiro atoms. The van der Waals surface area contributed by atoms with Gasteiger partial charge in [-0.25, -0.2) is 9.13 Å². The van der Waals surface area contributed by atoms with Gasteiger partial charge in [0, 0.05) is 25.7 Å². The summed E-state index contributed by atoms with van der Waals surface area (Å²) in [5.41, 5.74) is 0. The number of esters is 4. The largest absolute Gasteiger partial charge is 0.472 e. The molecule has 0 amide bonds. The zero-order valence-corrected chi connectivity index (χ0v) is 65.9. The van der Waals surface area contributed by atoms with E-state index in [0.717, 1.165) is 102 Å². The number of aliphatic hydroxyl groups excluding tert-OH is 1. The van der Waals surface area contributed by atoms with E-state index in [2.05, 4.69) is 41.5 Å². The van der Waals surface area contributed by atoms with Crippen LogP contribution in [0.25, 0.3) is 0 Å². The van der Waals surface area contributed by atoms with Gasteiger partial charge in [-0.15, -0.1) is 0 Å². The van der Waals surface area contributed by atoms with Crippen LogP contribution in [0.1, 0.15) is 414 Å². The van der Waals surface area contributed by atoms with Crippen LogP contribution in [0, 0.1) is 11.8 Å². The quantitative estimate of drug-likeness (QED) is 0.0222. The van der Waals surface area contributed by atoms with Crippen LogP contribution in [-0.2, 0) is 65.4 Å². The van der Waals surface area contributed by atoms with E-state index >= 15 is 0 Å². The Labute approximate surface area is 600 Å². The molecule has 0 aromatic rings. The fourth-order valence-electron chi connectivity index (χ4n) is 12.2. The number of hydrogen-bond acceptors (Lipinski definition) is 15. The van der Waals surface area contributed by atoms with Gasteiger partial charge in [0.25, 0.3) is 0 Å². The highest BCUT2D eigenvalue weighted by Gasteiger charge is 2.30. The molecule has 0 radical (unpaired) electrons. The van der Waals surface area contributed by atoms with Crippen molar-refractivity contribution in [1.82, 2.24) is 0 Å². The molecule has 0 aliphatic carbocycles. The lowest BCUT2D eigenvalue weighted by Gasteiger charge is -2.21. The number of carbonyl (C=O) groups is 4. The third kappa shape index (κ3) is 71.1. The lowest BCUT2D eigenvalue weighted by Crippen LogP contribution is -2.30. The molecule has 6 atom stereocenters. The first kappa shape index (κ1) is 96.1. The molecule has 0 rings (SSSR count). The monoisotopic (exact) mass is 1440 g/mol. The Hall–Kier alpha value is -1.94. The first-order chi connectivity index (χ1) is 47.4. The van der Waals surface area contributed by atoms with Crippen LogP contribution in [0.15, 0.2) is 0 Å². The van der Waals surface area contributed by atoms with E-state index < -0.39 is 97.5 Å². The second kappa shape index (κ2) is 70.7. The summed E-state index contributed by atoms with van der Waals surface area (Å²) in [7, 11) is -9.92. The molecule has 3 unspecified atom stereocenters. The van der Waals surface area contributed by atoms with Gasteiger partial charge in [-0.2, -0.15) is 0 Å². The van der Waals surface area contributed by atoms with Crippen LogP contribution in [0.3, 0.4) is 0 Å². The molecule has 0 saturated carbocycles. The Morgan fingerprint density at radius 1 is 0.296 bits per heavy atom. The summed E-state index contributed by atoms with van der Waals surface area (Å²) < 4.78 is 68.7. The molecule has 0 aliphatic heterocycles. The third-order valence-corrected chi connectivity index (χ3v) is 20.7. The molecule has 17 nitrogen and oxygen atoms in total. The van der Waals surface area contributed by atoms with Gasteiger partial charge in [-0.1, -0.05) is 363 Å². The van der Waals surface area contributed by atoms with E-state index in [4.69, 9.17) is 37.0 Å². The minimum absolute atomic E-state index is 0.106. The molecular formula is C79H154O17P2. The van der Waals surface area contributed by atoms with Crippen LogP contribution in [0.4, 0.5) is 0 Å². The summed E-state index contributed by atoms with van der Waals surface area (Å²) in [5.74, 6) is -0.512. The highest BCUT2D eigenvalue weighted by atomic mass is 31.2. The van der Waals surface area contributed by atoms with Crippen LogP contribution in [0.5, 0.6) is 0 Å². The average Bonchev–Trinajstić information content (AvgIpc) is 0.941. The zero-order chi connectivity index (χ0) is 72.1. The number of phosphoric acid groups is 2. The number of phosphoric ester groups is 2. The number of carbonyl (C=O) groups excluding carboxylic acids is 4. The molecule has 0 aromatic heterocycles. The van der Waals surface area contributed by atoms with Crippen LogP contribution in [-0.4, -0.2) is 96.7 Å². The number of rotatable bonds is 78. The summed E-state index contributed by atoms with van der Waals surface area (Å²) in [4.78, 5) is 73.0. The highest BCUT2D eigenvalue weighted by Crippen LogP contribution is 2.45. The van der Waals surface area contributed by atoms with Gasteiger partial charge >= 0.3 is 39.5 Å². The van der Waals surface area contributed by atoms with Crippen molar-refractivity contribution in [1.29, 1.82) is 0 Å². The molecule has 0 heterocycles. The lowest BCUT2D eigenvalue weighted by molar-refractivity contribution is -0.161. The van der Waals surface area contributed by atoms with Crippen molar-refractivity contribution >= 4 is 39.5 Å². The SMILES string of the molecule is CCCCCCCCCCCCCCCCCCC(=O)OC[C@H](COP(=O)(O)OC[C@@H](O)COP(=O)(O)OC[C@@H](COC(=O)CCCCCCCCCCCCC)OC(=O)CCCCCCCCCCCCC(C)C)OC(=O)CCCCCCCCCCCCCCCCC(C)CC. The summed E-state index contributed by atoms with van der Waals surface area (Å²) in [5, 5.41) is 10.6. The number of hydrogen-bond donors (Lipinski definition) is 3. The van der Waals surface area contributed by atoms with Crippen LogP contribution >= 0.6 is 15.6 Å². The number of unbranched alkanes of at least 4 members (excludes halogenated alkanes) is 47. The van der Waals surface area contributed by atoms with Gasteiger partial charge in [0.15, 0.2) is 12.2 Å². The summed E-state index contributed by atoms with van der Waals surface area (Å²) >= 11 is 0. The summed E-state index contributed by atoms with van der Waals surface area (Å²) in [6.45, 7) is 9.67. The molecule has 19 heteroatoms. The third-order valence-electron chi connectivity index (χ3n) is 18.8. The van der Waals surface area contributed by atoms with Crippen molar-refractivity contribution < 1.29 is 80.2 Å². The lowest BCUT2D eigenvalue weighted by atomic mass is 9.99. The van der Waals surface area contributed by atoms with Crippen molar-refractivity contribution in [3.8, 4) is 0 Å². The Morgan fingerprint density at radius 2 is 0.520 bits per heavy atom. The van der Waals surface area contributed by atoms with E-state index in [-0.39, 0.29) is 25.7 Å². The van der Waals surface area contributed by atoms with Gasteiger partial charge in [-0.05, 0) is 37.5 Å².